The van der Waals surface area contributed by atoms with Gasteiger partial charge in [0.1, 0.15) is 6.17 Å². The van der Waals surface area contributed by atoms with E-state index < -0.39 is 27.6 Å². The summed E-state index contributed by atoms with van der Waals surface area (Å²) in [4.78, 5) is 12.4. The SMILES string of the molecule is Cc1ccccc1C(=O)N[C@H](Nc1cccc(C(F)(F)F)c1)C(Cl)(Cl)Cl. The van der Waals surface area contributed by atoms with E-state index in [9.17, 15) is 18.0 Å². The van der Waals surface area contributed by atoms with E-state index in [0.717, 1.165) is 12.1 Å². The van der Waals surface area contributed by atoms with Crippen LogP contribution in [0.3, 0.4) is 0 Å². The van der Waals surface area contributed by atoms with Crippen molar-refractivity contribution in [2.24, 2.45) is 0 Å². The third-order valence-electron chi connectivity index (χ3n) is 3.49. The number of hydrogen-bond acceptors (Lipinski definition) is 2. The fraction of sp³-hybridized carbons (Fsp3) is 0.235. The largest absolute Gasteiger partial charge is 0.416 e. The highest BCUT2D eigenvalue weighted by molar-refractivity contribution is 6.68. The maximum Gasteiger partial charge on any atom is 0.416 e. The lowest BCUT2D eigenvalue weighted by molar-refractivity contribution is -0.137. The van der Waals surface area contributed by atoms with Crippen LogP contribution in [0.2, 0.25) is 0 Å². The summed E-state index contributed by atoms with van der Waals surface area (Å²) in [6.07, 6.45) is -5.78. The fourth-order valence-electron chi connectivity index (χ4n) is 2.19. The number of halogens is 6. The lowest BCUT2D eigenvalue weighted by Gasteiger charge is -2.28. The molecular formula is C17H14Cl3F3N2O. The van der Waals surface area contributed by atoms with E-state index in [2.05, 4.69) is 10.6 Å². The number of carbonyl (C=O) groups excluding carboxylic acids is 1. The number of benzene rings is 2. The molecule has 0 bridgehead atoms. The van der Waals surface area contributed by atoms with Gasteiger partial charge in [-0.1, -0.05) is 59.1 Å². The molecule has 0 fully saturated rings. The first kappa shape index (κ1) is 20.7. The molecule has 0 aliphatic rings. The Balaban J connectivity index is 2.24. The van der Waals surface area contributed by atoms with Gasteiger partial charge in [0.05, 0.1) is 5.56 Å². The molecule has 0 spiro atoms. The van der Waals surface area contributed by atoms with Crippen LogP contribution >= 0.6 is 34.8 Å². The predicted molar refractivity (Wildman–Crippen MR) is 97.8 cm³/mol. The quantitative estimate of drug-likeness (QED) is 0.498. The molecular weight excluding hydrogens is 412 g/mol. The molecule has 0 unspecified atom stereocenters. The highest BCUT2D eigenvalue weighted by Gasteiger charge is 2.35. The summed E-state index contributed by atoms with van der Waals surface area (Å²) in [5.74, 6) is -0.529. The first-order valence-corrected chi connectivity index (χ1v) is 8.49. The molecule has 0 radical (unpaired) electrons. The van der Waals surface area contributed by atoms with Crippen LogP contribution in [0.15, 0.2) is 48.5 Å². The fourth-order valence-corrected chi connectivity index (χ4v) is 2.52. The Morgan fingerprint density at radius 2 is 1.69 bits per heavy atom. The molecule has 2 rings (SSSR count). The van der Waals surface area contributed by atoms with Crippen molar-refractivity contribution in [1.29, 1.82) is 0 Å². The molecule has 0 saturated carbocycles. The molecule has 2 aromatic carbocycles. The van der Waals surface area contributed by atoms with Gasteiger partial charge in [0.25, 0.3) is 5.91 Å². The Hall–Kier alpha value is -1.63. The molecule has 1 amide bonds. The van der Waals surface area contributed by atoms with Crippen LogP contribution in [0.5, 0.6) is 0 Å². The van der Waals surface area contributed by atoms with Crippen molar-refractivity contribution >= 4 is 46.4 Å². The lowest BCUT2D eigenvalue weighted by Crippen LogP contribution is -2.49. The summed E-state index contributed by atoms with van der Waals surface area (Å²) >= 11 is 17.6. The second-order valence-electron chi connectivity index (χ2n) is 5.49. The monoisotopic (exact) mass is 424 g/mol. The van der Waals surface area contributed by atoms with Crippen molar-refractivity contribution in [1.82, 2.24) is 5.32 Å². The van der Waals surface area contributed by atoms with Gasteiger partial charge in [0.2, 0.25) is 3.79 Å². The van der Waals surface area contributed by atoms with Crippen LogP contribution < -0.4 is 10.6 Å². The molecule has 0 aliphatic carbocycles. The van der Waals surface area contributed by atoms with Crippen LogP contribution in [0.1, 0.15) is 21.5 Å². The number of hydrogen-bond donors (Lipinski definition) is 2. The van der Waals surface area contributed by atoms with Crippen molar-refractivity contribution < 1.29 is 18.0 Å². The average Bonchev–Trinajstić information content (AvgIpc) is 2.53. The molecule has 0 saturated heterocycles. The maximum absolute atomic E-state index is 12.8. The van der Waals surface area contributed by atoms with E-state index in [1.54, 1.807) is 31.2 Å². The van der Waals surface area contributed by atoms with E-state index in [4.69, 9.17) is 34.8 Å². The highest BCUT2D eigenvalue weighted by Crippen LogP contribution is 2.34. The summed E-state index contributed by atoms with van der Waals surface area (Å²) in [5.41, 5.74) is 0.238. The number of aryl methyl sites for hydroxylation is 1. The van der Waals surface area contributed by atoms with Gasteiger partial charge < -0.3 is 10.6 Å². The molecule has 3 nitrogen and oxygen atoms in total. The number of nitrogens with one attached hydrogen (secondary N) is 2. The van der Waals surface area contributed by atoms with E-state index in [1.807, 2.05) is 0 Å². The number of carbonyl (C=O) groups is 1. The van der Waals surface area contributed by atoms with Gasteiger partial charge in [0, 0.05) is 11.3 Å². The van der Waals surface area contributed by atoms with Crippen molar-refractivity contribution in [3.63, 3.8) is 0 Å². The number of amides is 1. The predicted octanol–water partition coefficient (Wildman–Crippen LogP) is 5.55. The number of alkyl halides is 6. The van der Waals surface area contributed by atoms with Crippen LogP contribution in [-0.4, -0.2) is 15.9 Å². The lowest BCUT2D eigenvalue weighted by atomic mass is 10.1. The van der Waals surface area contributed by atoms with Gasteiger partial charge in [-0.05, 0) is 36.8 Å². The Labute approximate surface area is 163 Å². The summed E-state index contributed by atoms with van der Waals surface area (Å²) in [5, 5.41) is 5.12. The first-order chi connectivity index (χ1) is 12.0. The number of rotatable bonds is 4. The smallest absolute Gasteiger partial charge is 0.362 e. The Morgan fingerprint density at radius 3 is 2.27 bits per heavy atom. The summed E-state index contributed by atoms with van der Waals surface area (Å²) in [7, 11) is 0. The van der Waals surface area contributed by atoms with E-state index in [-0.39, 0.29) is 5.69 Å². The van der Waals surface area contributed by atoms with Crippen LogP contribution in [0.25, 0.3) is 0 Å². The molecule has 2 N–H and O–H groups in total. The zero-order valence-electron chi connectivity index (χ0n) is 13.4. The van der Waals surface area contributed by atoms with Gasteiger partial charge in [-0.2, -0.15) is 13.2 Å². The van der Waals surface area contributed by atoms with Crippen molar-refractivity contribution in [3.05, 3.63) is 65.2 Å². The summed E-state index contributed by atoms with van der Waals surface area (Å²) < 4.78 is 36.5. The van der Waals surface area contributed by atoms with Gasteiger partial charge >= 0.3 is 6.18 Å². The molecule has 0 aliphatic heterocycles. The second kappa shape index (κ2) is 7.94. The minimum atomic E-state index is -4.52. The molecule has 140 valence electrons. The maximum atomic E-state index is 12.8. The van der Waals surface area contributed by atoms with Crippen molar-refractivity contribution in [2.45, 2.75) is 23.1 Å². The average molecular weight is 426 g/mol. The first-order valence-electron chi connectivity index (χ1n) is 7.35. The van der Waals surface area contributed by atoms with E-state index in [0.29, 0.717) is 11.1 Å². The van der Waals surface area contributed by atoms with E-state index in [1.165, 1.54) is 12.1 Å². The molecule has 0 aromatic heterocycles. The Bertz CT molecular complexity index is 791. The molecule has 9 heteroatoms. The van der Waals surface area contributed by atoms with Crippen LogP contribution in [0, 0.1) is 6.92 Å². The molecule has 0 heterocycles. The zero-order chi connectivity index (χ0) is 19.5. The van der Waals surface area contributed by atoms with Gasteiger partial charge in [-0.25, -0.2) is 0 Å². The summed E-state index contributed by atoms with van der Waals surface area (Å²) in [6.45, 7) is 1.74. The topological polar surface area (TPSA) is 41.1 Å². The molecule has 26 heavy (non-hydrogen) atoms. The van der Waals surface area contributed by atoms with E-state index >= 15 is 0 Å². The number of anilines is 1. The highest BCUT2D eigenvalue weighted by atomic mass is 35.6. The second-order valence-corrected chi connectivity index (χ2v) is 7.85. The standard InChI is InChI=1S/C17H14Cl3F3N2O/c1-10-5-2-3-8-13(10)14(26)25-15(16(18,19)20)24-12-7-4-6-11(9-12)17(21,22)23/h2-9,15,24H,1H3,(H,25,26)/t15-/m0/s1. The Morgan fingerprint density at radius 1 is 1.04 bits per heavy atom. The third kappa shape index (κ3) is 5.43. The Kier molecular flexibility index (Phi) is 6.32. The summed E-state index contributed by atoms with van der Waals surface area (Å²) in [6, 6.07) is 11.1. The zero-order valence-corrected chi connectivity index (χ0v) is 15.6. The molecule has 2 aromatic rings. The molecule has 1 atom stereocenters. The van der Waals surface area contributed by atoms with Gasteiger partial charge in [0.15, 0.2) is 0 Å². The third-order valence-corrected chi connectivity index (χ3v) is 4.15. The van der Waals surface area contributed by atoms with Crippen molar-refractivity contribution in [3.8, 4) is 0 Å². The van der Waals surface area contributed by atoms with Crippen molar-refractivity contribution in [2.75, 3.05) is 5.32 Å². The van der Waals surface area contributed by atoms with Gasteiger partial charge in [-0.15, -0.1) is 0 Å². The minimum Gasteiger partial charge on any atom is -0.362 e. The van der Waals surface area contributed by atoms with Gasteiger partial charge in [-0.3, -0.25) is 4.79 Å². The van der Waals surface area contributed by atoms with Crippen LogP contribution in [0.4, 0.5) is 18.9 Å². The van der Waals surface area contributed by atoms with Crippen LogP contribution in [-0.2, 0) is 6.18 Å². The normalized spacial score (nSPS) is 13.2. The minimum absolute atomic E-state index is 0.0428.